The van der Waals surface area contributed by atoms with Crippen LogP contribution in [-0.2, 0) is 16.1 Å². The van der Waals surface area contributed by atoms with Crippen molar-refractivity contribution in [1.29, 1.82) is 0 Å². The van der Waals surface area contributed by atoms with E-state index in [1.165, 1.54) is 44.7 Å². The summed E-state index contributed by atoms with van der Waals surface area (Å²) in [5, 5.41) is 29.1. The van der Waals surface area contributed by atoms with Crippen LogP contribution in [0.1, 0.15) is 70.1 Å². The number of rotatable bonds is 13. The third-order valence-electron chi connectivity index (χ3n) is 5.23. The van der Waals surface area contributed by atoms with Gasteiger partial charge in [0.05, 0.1) is 18.8 Å². The lowest BCUT2D eigenvalue weighted by atomic mass is 10.1. The topological polar surface area (TPSA) is 134 Å². The molecule has 0 unspecified atom stereocenters. The van der Waals surface area contributed by atoms with E-state index in [1.807, 2.05) is 0 Å². The van der Waals surface area contributed by atoms with E-state index in [0.717, 1.165) is 17.4 Å². The molecular formula is C20H34N2O7. The van der Waals surface area contributed by atoms with Crippen molar-refractivity contribution in [3.05, 3.63) is 32.6 Å². The first-order valence-corrected chi connectivity index (χ1v) is 10.5. The molecule has 9 nitrogen and oxygen atoms in total. The number of aliphatic hydroxyl groups excluding tert-OH is 3. The number of nitrogens with zero attached hydrogens (tertiary/aromatic N) is 1. The van der Waals surface area contributed by atoms with Gasteiger partial charge in [-0.05, 0) is 6.42 Å². The van der Waals surface area contributed by atoms with E-state index in [1.54, 1.807) is 0 Å². The van der Waals surface area contributed by atoms with Crippen LogP contribution in [0.15, 0.2) is 15.8 Å². The maximum Gasteiger partial charge on any atom is 0.330 e. The highest BCUT2D eigenvalue weighted by molar-refractivity contribution is 5.05. The van der Waals surface area contributed by atoms with E-state index in [-0.39, 0.29) is 12.2 Å². The van der Waals surface area contributed by atoms with Gasteiger partial charge in [-0.15, -0.1) is 0 Å². The third-order valence-corrected chi connectivity index (χ3v) is 5.23. The Kier molecular flexibility index (Phi) is 10.0. The van der Waals surface area contributed by atoms with Crippen LogP contribution in [0, 0.1) is 0 Å². The summed E-state index contributed by atoms with van der Waals surface area (Å²) in [6.45, 7) is 2.25. The van der Waals surface area contributed by atoms with E-state index in [4.69, 9.17) is 9.47 Å². The van der Waals surface area contributed by atoms with E-state index in [9.17, 15) is 24.9 Å². The van der Waals surface area contributed by atoms with Crippen LogP contribution in [0.25, 0.3) is 0 Å². The Morgan fingerprint density at radius 3 is 2.34 bits per heavy atom. The van der Waals surface area contributed by atoms with Gasteiger partial charge in [0, 0.05) is 12.8 Å². The summed E-state index contributed by atoms with van der Waals surface area (Å²) in [7, 11) is 0. The molecule has 1 aliphatic rings. The molecule has 9 heteroatoms. The van der Waals surface area contributed by atoms with Crippen molar-refractivity contribution in [3.63, 3.8) is 0 Å². The molecule has 0 radical (unpaired) electrons. The van der Waals surface area contributed by atoms with E-state index < -0.39 is 42.4 Å². The second-order valence-corrected chi connectivity index (χ2v) is 7.58. The number of aromatic amines is 1. The molecule has 1 aromatic heterocycles. The Balaban J connectivity index is 1.82. The molecule has 0 spiro atoms. The normalized spacial score (nSPS) is 24.3. The number of aromatic nitrogens is 2. The smallest absolute Gasteiger partial charge is 0.330 e. The Morgan fingerprint density at radius 2 is 1.72 bits per heavy atom. The minimum atomic E-state index is -1.40. The summed E-state index contributed by atoms with van der Waals surface area (Å²) in [5.74, 6) is 0. The van der Waals surface area contributed by atoms with Crippen LogP contribution >= 0.6 is 0 Å². The van der Waals surface area contributed by atoms with Crippen molar-refractivity contribution in [2.24, 2.45) is 0 Å². The molecule has 0 saturated carbocycles. The number of aliphatic hydroxyl groups is 3. The molecule has 0 aromatic carbocycles. The fraction of sp³-hybridized carbons (Fsp3) is 0.800. The molecule has 1 aromatic rings. The number of nitrogens with one attached hydrogen (secondary N) is 1. The first-order chi connectivity index (χ1) is 14.0. The van der Waals surface area contributed by atoms with Crippen LogP contribution in [0.3, 0.4) is 0 Å². The Bertz CT molecular complexity index is 718. The lowest BCUT2D eigenvalue weighted by molar-refractivity contribution is -0.0553. The van der Waals surface area contributed by atoms with Gasteiger partial charge in [-0.2, -0.15) is 0 Å². The minimum absolute atomic E-state index is 0.0287. The molecule has 1 fully saturated rings. The second-order valence-electron chi connectivity index (χ2n) is 7.58. The Labute approximate surface area is 170 Å². The Morgan fingerprint density at radius 1 is 1.07 bits per heavy atom. The van der Waals surface area contributed by atoms with Crippen LogP contribution in [0.5, 0.6) is 0 Å². The molecule has 166 valence electrons. The maximum atomic E-state index is 12.1. The first-order valence-electron chi connectivity index (χ1n) is 10.5. The number of hydrogen-bond acceptors (Lipinski definition) is 7. The van der Waals surface area contributed by atoms with Crippen molar-refractivity contribution in [2.45, 2.75) is 89.4 Å². The predicted octanol–water partition coefficient (Wildman–Crippen LogP) is 0.805. The molecule has 1 saturated heterocycles. The van der Waals surface area contributed by atoms with Crippen LogP contribution in [-0.4, -0.2) is 56.4 Å². The summed E-state index contributed by atoms with van der Waals surface area (Å²) in [5.41, 5.74) is -1.10. The fourth-order valence-electron chi connectivity index (χ4n) is 3.45. The lowest BCUT2D eigenvalue weighted by Gasteiger charge is -2.18. The summed E-state index contributed by atoms with van der Waals surface area (Å²) in [6.07, 6.45) is 5.82. The van der Waals surface area contributed by atoms with Crippen molar-refractivity contribution in [2.75, 3.05) is 13.2 Å². The average molecular weight is 414 g/mol. The van der Waals surface area contributed by atoms with Crippen molar-refractivity contribution in [1.82, 2.24) is 9.55 Å². The quantitative estimate of drug-likeness (QED) is 0.351. The number of hydrogen-bond donors (Lipinski definition) is 4. The molecule has 2 rings (SSSR count). The number of H-pyrrole nitrogens is 1. The molecule has 0 amide bonds. The van der Waals surface area contributed by atoms with Gasteiger partial charge < -0.3 is 24.8 Å². The monoisotopic (exact) mass is 414 g/mol. The number of unbranched alkanes of at least 4 members (excludes halogenated alkanes) is 7. The summed E-state index contributed by atoms with van der Waals surface area (Å²) >= 11 is 0. The van der Waals surface area contributed by atoms with Crippen molar-refractivity contribution >= 4 is 0 Å². The van der Waals surface area contributed by atoms with Gasteiger partial charge in [-0.1, -0.05) is 51.9 Å². The average Bonchev–Trinajstić information content (AvgIpc) is 2.99. The van der Waals surface area contributed by atoms with Crippen LogP contribution < -0.4 is 11.2 Å². The second kappa shape index (κ2) is 12.2. The largest absolute Gasteiger partial charge is 0.394 e. The molecule has 4 N–H and O–H groups in total. The lowest BCUT2D eigenvalue weighted by Crippen LogP contribution is -2.39. The van der Waals surface area contributed by atoms with Crippen molar-refractivity contribution in [3.8, 4) is 0 Å². The van der Waals surface area contributed by atoms with Crippen LogP contribution in [0.2, 0.25) is 0 Å². The fourth-order valence-corrected chi connectivity index (χ4v) is 3.45. The molecule has 1 aliphatic heterocycles. The van der Waals surface area contributed by atoms with Gasteiger partial charge >= 0.3 is 5.69 Å². The number of ether oxygens (including phenoxy) is 2. The highest BCUT2D eigenvalue weighted by Gasteiger charge is 2.43. The molecule has 0 bridgehead atoms. The zero-order valence-electron chi connectivity index (χ0n) is 17.1. The van der Waals surface area contributed by atoms with Gasteiger partial charge in [-0.3, -0.25) is 14.3 Å². The Hall–Kier alpha value is -1.52. The third kappa shape index (κ3) is 6.75. The summed E-state index contributed by atoms with van der Waals surface area (Å²) in [6, 6.07) is 0. The van der Waals surface area contributed by atoms with Crippen LogP contribution in [0.4, 0.5) is 0 Å². The van der Waals surface area contributed by atoms with Gasteiger partial charge in [0.25, 0.3) is 5.56 Å². The first kappa shape index (κ1) is 23.8. The van der Waals surface area contributed by atoms with E-state index in [0.29, 0.717) is 6.61 Å². The predicted molar refractivity (Wildman–Crippen MR) is 107 cm³/mol. The van der Waals surface area contributed by atoms with Gasteiger partial charge in [0.15, 0.2) is 6.23 Å². The highest BCUT2D eigenvalue weighted by Crippen LogP contribution is 2.28. The zero-order chi connectivity index (χ0) is 21.2. The SMILES string of the molecule is CCCCCCCCCCOCc1cn([C@@H]2O[C@H](CO)[C@@H](O)[C@H]2O)c(=O)[nH]c1=O. The van der Waals surface area contributed by atoms with E-state index in [2.05, 4.69) is 11.9 Å². The summed E-state index contributed by atoms with van der Waals surface area (Å²) in [4.78, 5) is 26.3. The molecular weight excluding hydrogens is 380 g/mol. The molecule has 4 atom stereocenters. The summed E-state index contributed by atoms with van der Waals surface area (Å²) < 4.78 is 11.9. The van der Waals surface area contributed by atoms with Gasteiger partial charge in [0.1, 0.15) is 18.3 Å². The van der Waals surface area contributed by atoms with E-state index >= 15 is 0 Å². The zero-order valence-corrected chi connectivity index (χ0v) is 17.1. The molecule has 2 heterocycles. The standard InChI is InChI=1S/C20H34N2O7/c1-2-3-4-5-6-7-8-9-10-28-13-14-11-22(20(27)21-18(14)26)19-17(25)16(24)15(12-23)29-19/h11,15-17,19,23-25H,2-10,12-13H2,1H3,(H,21,26,27)/t15-,16-,17-,19-/m1/s1. The van der Waals surface area contributed by atoms with Crippen molar-refractivity contribution < 1.29 is 24.8 Å². The van der Waals surface area contributed by atoms with Gasteiger partial charge in [-0.25, -0.2) is 4.79 Å². The molecule has 29 heavy (non-hydrogen) atoms. The highest BCUT2D eigenvalue weighted by atomic mass is 16.6. The minimum Gasteiger partial charge on any atom is -0.394 e. The molecule has 0 aliphatic carbocycles. The van der Waals surface area contributed by atoms with Gasteiger partial charge in [0.2, 0.25) is 0 Å². The maximum absolute atomic E-state index is 12.1.